The van der Waals surface area contributed by atoms with Crippen molar-refractivity contribution in [2.45, 2.75) is 24.6 Å². The lowest BCUT2D eigenvalue weighted by Gasteiger charge is -2.15. The highest BCUT2D eigenvalue weighted by molar-refractivity contribution is 6.06. The number of nitrogens with zero attached hydrogens (tertiary/aromatic N) is 4. The Kier molecular flexibility index (Phi) is 4.52. The third kappa shape index (κ3) is 3.03. The molecule has 3 N–H and O–H groups in total. The first-order valence-corrected chi connectivity index (χ1v) is 8.22. The average molecular weight is 373 g/mol. The molecule has 1 aromatic carbocycles. The molecular formula is C17H16FN5O4. The first kappa shape index (κ1) is 17.5. The van der Waals surface area contributed by atoms with Crippen molar-refractivity contribution in [1.29, 1.82) is 0 Å². The number of amides is 1. The topological polar surface area (TPSA) is 122 Å². The van der Waals surface area contributed by atoms with Gasteiger partial charge in [0.1, 0.15) is 18.5 Å². The van der Waals surface area contributed by atoms with Gasteiger partial charge in [0.25, 0.3) is 5.91 Å². The molecule has 1 saturated heterocycles. The van der Waals surface area contributed by atoms with Crippen LogP contribution in [0.3, 0.4) is 0 Å². The minimum absolute atomic E-state index is 0.167. The number of anilines is 1. The van der Waals surface area contributed by atoms with Crippen LogP contribution in [0.15, 0.2) is 43.0 Å². The Morgan fingerprint density at radius 2 is 2.04 bits per heavy atom. The van der Waals surface area contributed by atoms with E-state index in [1.807, 2.05) is 0 Å². The smallest absolute Gasteiger partial charge is 0.256 e. The molecule has 9 nitrogen and oxygen atoms in total. The van der Waals surface area contributed by atoms with Gasteiger partial charge in [-0.2, -0.15) is 0 Å². The molecule has 2 aromatic heterocycles. The van der Waals surface area contributed by atoms with Gasteiger partial charge in [-0.1, -0.05) is 18.2 Å². The molecular weight excluding hydrogens is 357 g/mol. The van der Waals surface area contributed by atoms with Crippen LogP contribution in [0.4, 0.5) is 10.2 Å². The Hall–Kier alpha value is -2.95. The Morgan fingerprint density at radius 3 is 2.74 bits per heavy atom. The van der Waals surface area contributed by atoms with Crippen LogP contribution < -0.4 is 5.32 Å². The number of rotatable bonds is 4. The van der Waals surface area contributed by atoms with Gasteiger partial charge in [-0.05, 0) is 12.1 Å². The normalized spacial score (nSPS) is 25.0. The quantitative estimate of drug-likeness (QED) is 0.614. The summed E-state index contributed by atoms with van der Waals surface area (Å²) in [6, 6.07) is 8.58. The van der Waals surface area contributed by atoms with E-state index in [1.165, 1.54) is 17.2 Å². The fourth-order valence-corrected chi connectivity index (χ4v) is 2.98. The lowest BCUT2D eigenvalue weighted by atomic mass is 10.1. The number of ether oxygens (including phenoxy) is 1. The zero-order valence-corrected chi connectivity index (χ0v) is 13.9. The molecule has 27 heavy (non-hydrogen) atoms. The van der Waals surface area contributed by atoms with Crippen molar-refractivity contribution in [2.75, 3.05) is 11.9 Å². The van der Waals surface area contributed by atoms with Crippen LogP contribution in [0.5, 0.6) is 0 Å². The van der Waals surface area contributed by atoms with Crippen LogP contribution in [-0.4, -0.2) is 60.6 Å². The van der Waals surface area contributed by atoms with E-state index in [-0.39, 0.29) is 22.9 Å². The van der Waals surface area contributed by atoms with Crippen molar-refractivity contribution < 1.29 is 24.1 Å². The summed E-state index contributed by atoms with van der Waals surface area (Å²) in [5.74, 6) is -0.207. The van der Waals surface area contributed by atoms with Gasteiger partial charge in [0, 0.05) is 5.56 Å². The van der Waals surface area contributed by atoms with Crippen LogP contribution in [0.25, 0.3) is 11.2 Å². The molecule has 0 saturated carbocycles. The summed E-state index contributed by atoms with van der Waals surface area (Å²) in [5.41, 5.74) is 0.923. The minimum Gasteiger partial charge on any atom is -0.394 e. The van der Waals surface area contributed by atoms with E-state index in [1.54, 1.807) is 30.3 Å². The molecule has 0 radical (unpaired) electrons. The Balaban J connectivity index is 1.65. The van der Waals surface area contributed by atoms with Gasteiger partial charge in [-0.3, -0.25) is 9.36 Å². The second kappa shape index (κ2) is 6.99. The fourth-order valence-electron chi connectivity index (χ4n) is 2.98. The number of hydrogen-bond donors (Lipinski definition) is 3. The third-order valence-corrected chi connectivity index (χ3v) is 4.37. The van der Waals surface area contributed by atoms with Crippen molar-refractivity contribution in [1.82, 2.24) is 19.5 Å². The van der Waals surface area contributed by atoms with Crippen LogP contribution in [0.1, 0.15) is 16.6 Å². The van der Waals surface area contributed by atoms with E-state index in [9.17, 15) is 19.4 Å². The molecule has 4 atom stereocenters. The number of aromatic nitrogens is 4. The number of nitrogens with one attached hydrogen (secondary N) is 1. The van der Waals surface area contributed by atoms with E-state index in [0.717, 1.165) is 0 Å². The zero-order valence-electron chi connectivity index (χ0n) is 13.9. The summed E-state index contributed by atoms with van der Waals surface area (Å²) in [5, 5.41) is 21.7. The van der Waals surface area contributed by atoms with Crippen molar-refractivity contribution in [3.63, 3.8) is 0 Å². The van der Waals surface area contributed by atoms with E-state index in [0.29, 0.717) is 5.56 Å². The second-order valence-corrected chi connectivity index (χ2v) is 6.05. The highest BCUT2D eigenvalue weighted by atomic mass is 19.1. The van der Waals surface area contributed by atoms with Crippen molar-refractivity contribution in [3.05, 3.63) is 48.5 Å². The van der Waals surface area contributed by atoms with E-state index < -0.39 is 31.2 Å². The summed E-state index contributed by atoms with van der Waals surface area (Å²) in [6.07, 6.45) is -2.96. The molecule has 3 aromatic rings. The van der Waals surface area contributed by atoms with Gasteiger partial charge < -0.3 is 20.3 Å². The second-order valence-electron chi connectivity index (χ2n) is 6.05. The molecule has 3 heterocycles. The maximum atomic E-state index is 14.4. The Bertz CT molecular complexity index is 966. The van der Waals surface area contributed by atoms with E-state index >= 15 is 0 Å². The number of alkyl halides is 1. The Morgan fingerprint density at radius 1 is 1.26 bits per heavy atom. The molecule has 0 unspecified atom stereocenters. The third-order valence-electron chi connectivity index (χ3n) is 4.37. The number of hydrogen-bond acceptors (Lipinski definition) is 7. The maximum absolute atomic E-state index is 14.4. The molecule has 1 aliphatic rings. The van der Waals surface area contributed by atoms with Gasteiger partial charge in [0.15, 0.2) is 29.4 Å². The number of fused-ring (bicyclic) bond motifs is 1. The first-order chi connectivity index (χ1) is 13.1. The van der Waals surface area contributed by atoms with Crippen LogP contribution in [0, 0.1) is 0 Å². The molecule has 4 rings (SSSR count). The van der Waals surface area contributed by atoms with Gasteiger partial charge in [0.05, 0.1) is 12.9 Å². The van der Waals surface area contributed by atoms with Crippen LogP contribution in [-0.2, 0) is 4.74 Å². The number of aliphatic hydroxyl groups excluding tert-OH is 2. The largest absolute Gasteiger partial charge is 0.394 e. The number of benzene rings is 1. The fraction of sp³-hybridized carbons (Fsp3) is 0.294. The van der Waals surface area contributed by atoms with Crippen LogP contribution in [0.2, 0.25) is 0 Å². The van der Waals surface area contributed by atoms with Gasteiger partial charge in [-0.25, -0.2) is 19.3 Å². The standard InChI is InChI=1S/C17H16FN5O4/c18-11-13(25)10(6-24)27-17(11)23-8-21-12-14(19-7-20-15(12)23)22-16(26)9-4-2-1-3-5-9/h1-5,7-8,10-11,13,17,24-25H,6H2,(H,19,20,22,26)/t10-,11-,13-,17-/m1/s1. The molecule has 10 heteroatoms. The molecule has 0 aliphatic carbocycles. The molecule has 1 aliphatic heterocycles. The van der Waals surface area contributed by atoms with Gasteiger partial charge in [-0.15, -0.1) is 0 Å². The first-order valence-electron chi connectivity index (χ1n) is 8.22. The summed E-state index contributed by atoms with van der Waals surface area (Å²) in [4.78, 5) is 24.6. The lowest BCUT2D eigenvalue weighted by Crippen LogP contribution is -2.30. The van der Waals surface area contributed by atoms with Crippen molar-refractivity contribution in [3.8, 4) is 0 Å². The monoisotopic (exact) mass is 373 g/mol. The SMILES string of the molecule is O=C(Nc1ncnc2c1ncn2[C@@H]1O[C@H](CO)[C@@H](O)[C@H]1F)c1ccccc1. The van der Waals surface area contributed by atoms with Crippen molar-refractivity contribution >= 4 is 22.9 Å². The zero-order chi connectivity index (χ0) is 19.0. The van der Waals surface area contributed by atoms with Gasteiger partial charge >= 0.3 is 0 Å². The minimum atomic E-state index is -1.77. The summed E-state index contributed by atoms with van der Waals surface area (Å²) in [7, 11) is 0. The average Bonchev–Trinajstić information content (AvgIpc) is 3.25. The van der Waals surface area contributed by atoms with Crippen molar-refractivity contribution in [2.24, 2.45) is 0 Å². The number of halogens is 1. The number of carbonyl (C=O) groups excluding carboxylic acids is 1. The number of carbonyl (C=O) groups is 1. The number of imidazole rings is 1. The summed E-state index contributed by atoms with van der Waals surface area (Å²) >= 11 is 0. The van der Waals surface area contributed by atoms with Gasteiger partial charge in [0.2, 0.25) is 0 Å². The van der Waals surface area contributed by atoms with E-state index in [2.05, 4.69) is 20.3 Å². The molecule has 0 bridgehead atoms. The highest BCUT2D eigenvalue weighted by Gasteiger charge is 2.45. The predicted molar refractivity (Wildman–Crippen MR) is 91.6 cm³/mol. The molecule has 0 spiro atoms. The van der Waals surface area contributed by atoms with Crippen LogP contribution >= 0.6 is 0 Å². The lowest BCUT2D eigenvalue weighted by molar-refractivity contribution is -0.0459. The predicted octanol–water partition coefficient (Wildman–Crippen LogP) is 0.667. The molecule has 1 fully saturated rings. The Labute approximate surface area is 152 Å². The summed E-state index contributed by atoms with van der Waals surface area (Å²) in [6.45, 7) is -0.516. The highest BCUT2D eigenvalue weighted by Crippen LogP contribution is 2.34. The maximum Gasteiger partial charge on any atom is 0.256 e. The van der Waals surface area contributed by atoms with E-state index in [4.69, 9.17) is 4.74 Å². The summed E-state index contributed by atoms with van der Waals surface area (Å²) < 4.78 is 21.1. The molecule has 1 amide bonds. The number of aliphatic hydroxyl groups is 2. The molecule has 140 valence electrons.